The van der Waals surface area contributed by atoms with Crippen molar-refractivity contribution in [2.75, 3.05) is 0 Å². The summed E-state index contributed by atoms with van der Waals surface area (Å²) in [6.45, 7) is 5.74. The summed E-state index contributed by atoms with van der Waals surface area (Å²) in [5, 5.41) is 40.7. The van der Waals surface area contributed by atoms with Gasteiger partial charge >= 0.3 is 0 Å². The Kier molecular flexibility index (Phi) is 7.84. The second kappa shape index (κ2) is 10.1. The predicted octanol–water partition coefficient (Wildman–Crippen LogP) is 5.13. The number of benzene rings is 2. The molecule has 0 saturated carbocycles. The highest BCUT2D eigenvalue weighted by atomic mass is 16.3. The maximum atomic E-state index is 12.5. The van der Waals surface area contributed by atoms with Crippen molar-refractivity contribution in [1.29, 1.82) is 0 Å². The summed E-state index contributed by atoms with van der Waals surface area (Å²) in [5.41, 5.74) is 1.30. The molecule has 0 amide bonds. The van der Waals surface area contributed by atoms with E-state index in [0.717, 1.165) is 12.0 Å². The third-order valence-electron chi connectivity index (χ3n) is 4.99. The topological polar surface area (TPSA) is 98.0 Å². The van der Waals surface area contributed by atoms with Crippen LogP contribution >= 0.6 is 0 Å². The first-order valence-corrected chi connectivity index (χ1v) is 10.00. The van der Waals surface area contributed by atoms with Crippen molar-refractivity contribution in [3.05, 3.63) is 70.8 Å². The Labute approximate surface area is 177 Å². The molecule has 0 aliphatic rings. The molecule has 2 aromatic rings. The van der Waals surface area contributed by atoms with Crippen molar-refractivity contribution < 1.29 is 25.2 Å². The highest BCUT2D eigenvalue weighted by Crippen LogP contribution is 2.34. The quantitative estimate of drug-likeness (QED) is 0.261. The van der Waals surface area contributed by atoms with Gasteiger partial charge < -0.3 is 20.4 Å². The fraction of sp³-hybridized carbons (Fsp3) is 0.320. The third kappa shape index (κ3) is 6.78. The van der Waals surface area contributed by atoms with E-state index in [9.17, 15) is 25.2 Å². The second-order valence-electron chi connectivity index (χ2n) is 8.07. The summed E-state index contributed by atoms with van der Waals surface area (Å²) in [6, 6.07) is 9.13. The molecule has 1 atom stereocenters. The monoisotopic (exact) mass is 410 g/mol. The number of aromatic hydroxyl groups is 3. The van der Waals surface area contributed by atoms with Crippen LogP contribution in [0.4, 0.5) is 0 Å². The van der Waals surface area contributed by atoms with E-state index < -0.39 is 11.4 Å². The number of hydrogen-bond acceptors (Lipinski definition) is 5. The molecule has 5 heteroatoms. The van der Waals surface area contributed by atoms with Gasteiger partial charge in [-0.05, 0) is 82.4 Å². The van der Waals surface area contributed by atoms with Gasteiger partial charge in [0.15, 0.2) is 5.78 Å². The van der Waals surface area contributed by atoms with Crippen LogP contribution in [0.15, 0.2) is 54.1 Å². The highest BCUT2D eigenvalue weighted by Gasteiger charge is 2.23. The first-order valence-electron chi connectivity index (χ1n) is 10.00. The Balaban J connectivity index is 2.13. The lowest BCUT2D eigenvalue weighted by Gasteiger charge is -2.23. The van der Waals surface area contributed by atoms with Crippen LogP contribution in [0.25, 0.3) is 6.08 Å². The molecule has 4 N–H and O–H groups in total. The molecule has 0 aromatic heterocycles. The van der Waals surface area contributed by atoms with Crippen LogP contribution in [0.2, 0.25) is 0 Å². The van der Waals surface area contributed by atoms with Crippen molar-refractivity contribution >= 4 is 11.9 Å². The van der Waals surface area contributed by atoms with E-state index in [1.165, 1.54) is 35.9 Å². The first-order chi connectivity index (χ1) is 14.1. The van der Waals surface area contributed by atoms with Crippen LogP contribution in [0.1, 0.15) is 61.5 Å². The second-order valence-corrected chi connectivity index (χ2v) is 8.07. The van der Waals surface area contributed by atoms with Crippen molar-refractivity contribution in [2.24, 2.45) is 0 Å². The summed E-state index contributed by atoms with van der Waals surface area (Å²) in [6.07, 6.45) is 6.86. The molecule has 0 spiro atoms. The average molecular weight is 411 g/mol. The fourth-order valence-corrected chi connectivity index (χ4v) is 3.11. The van der Waals surface area contributed by atoms with E-state index in [4.69, 9.17) is 0 Å². The molecule has 0 unspecified atom stereocenters. The smallest absolute Gasteiger partial charge is 0.189 e. The average Bonchev–Trinajstić information content (AvgIpc) is 2.66. The minimum atomic E-state index is -0.955. The zero-order valence-electron chi connectivity index (χ0n) is 17.7. The number of allylic oxidation sites excluding steroid dienone is 3. The lowest BCUT2D eigenvalue weighted by molar-refractivity contribution is 0.0430. The SMILES string of the molecule is CC(C)=CCC[C@@](C)(O)CCc1c(O)ccc(C(=O)/C=C/c2ccc(O)cc2)c1O. The predicted molar refractivity (Wildman–Crippen MR) is 119 cm³/mol. The number of aliphatic hydroxyl groups is 1. The number of ketones is 1. The van der Waals surface area contributed by atoms with Gasteiger partial charge in [-0.3, -0.25) is 4.79 Å². The Morgan fingerprint density at radius 2 is 1.67 bits per heavy atom. The Bertz CT molecular complexity index is 933. The normalized spacial score (nSPS) is 13.2. The van der Waals surface area contributed by atoms with E-state index >= 15 is 0 Å². The molecular formula is C25H30O5. The highest BCUT2D eigenvalue weighted by molar-refractivity contribution is 6.09. The molecule has 0 saturated heterocycles. The minimum absolute atomic E-state index is 0.0852. The van der Waals surface area contributed by atoms with Gasteiger partial charge in [0.05, 0.1) is 11.2 Å². The number of phenols is 3. The number of rotatable bonds is 9. The molecule has 0 radical (unpaired) electrons. The summed E-state index contributed by atoms with van der Waals surface area (Å²) in [7, 11) is 0. The molecule has 5 nitrogen and oxygen atoms in total. The molecule has 0 fully saturated rings. The summed E-state index contributed by atoms with van der Waals surface area (Å²) in [4.78, 5) is 12.5. The summed E-state index contributed by atoms with van der Waals surface area (Å²) >= 11 is 0. The van der Waals surface area contributed by atoms with Gasteiger partial charge in [-0.1, -0.05) is 29.9 Å². The Morgan fingerprint density at radius 3 is 2.30 bits per heavy atom. The van der Waals surface area contributed by atoms with Gasteiger partial charge in [0.2, 0.25) is 0 Å². The number of hydrogen-bond donors (Lipinski definition) is 4. The molecule has 160 valence electrons. The van der Waals surface area contributed by atoms with Crippen LogP contribution in [0, 0.1) is 0 Å². The van der Waals surface area contributed by atoms with Crippen molar-refractivity contribution in [1.82, 2.24) is 0 Å². The van der Waals surface area contributed by atoms with Crippen molar-refractivity contribution in [3.63, 3.8) is 0 Å². The number of phenolic OH excluding ortho intramolecular Hbond substituents is 3. The largest absolute Gasteiger partial charge is 0.508 e. The third-order valence-corrected chi connectivity index (χ3v) is 4.99. The van der Waals surface area contributed by atoms with E-state index in [1.807, 2.05) is 13.8 Å². The van der Waals surface area contributed by atoms with E-state index in [2.05, 4.69) is 6.08 Å². The van der Waals surface area contributed by atoms with Crippen LogP contribution in [-0.2, 0) is 6.42 Å². The fourth-order valence-electron chi connectivity index (χ4n) is 3.11. The van der Waals surface area contributed by atoms with Crippen LogP contribution in [0.5, 0.6) is 17.2 Å². The molecule has 30 heavy (non-hydrogen) atoms. The number of carbonyl (C=O) groups excluding carboxylic acids is 1. The Morgan fingerprint density at radius 1 is 1.00 bits per heavy atom. The van der Waals surface area contributed by atoms with Crippen LogP contribution in [0.3, 0.4) is 0 Å². The minimum Gasteiger partial charge on any atom is -0.508 e. The lowest BCUT2D eigenvalue weighted by atomic mass is 9.90. The maximum Gasteiger partial charge on any atom is 0.189 e. The van der Waals surface area contributed by atoms with Crippen LogP contribution < -0.4 is 0 Å². The van der Waals surface area contributed by atoms with Gasteiger partial charge in [0.1, 0.15) is 17.2 Å². The van der Waals surface area contributed by atoms with Gasteiger partial charge in [0.25, 0.3) is 0 Å². The van der Waals surface area contributed by atoms with Crippen LogP contribution in [-0.4, -0.2) is 31.8 Å². The van der Waals surface area contributed by atoms with Gasteiger partial charge in [0, 0.05) is 5.56 Å². The van der Waals surface area contributed by atoms with E-state index in [1.54, 1.807) is 25.1 Å². The first kappa shape index (κ1) is 23.2. The van der Waals surface area contributed by atoms with E-state index in [0.29, 0.717) is 12.8 Å². The van der Waals surface area contributed by atoms with Gasteiger partial charge in [-0.15, -0.1) is 0 Å². The Hall–Kier alpha value is -3.05. The zero-order valence-corrected chi connectivity index (χ0v) is 17.7. The van der Waals surface area contributed by atoms with Gasteiger partial charge in [-0.2, -0.15) is 0 Å². The molecule has 0 heterocycles. The van der Waals surface area contributed by atoms with Crippen molar-refractivity contribution in [3.8, 4) is 17.2 Å². The number of carbonyl (C=O) groups is 1. The summed E-state index contributed by atoms with van der Waals surface area (Å²) < 4.78 is 0. The lowest BCUT2D eigenvalue weighted by Crippen LogP contribution is -2.24. The molecular weight excluding hydrogens is 380 g/mol. The molecule has 2 rings (SSSR count). The zero-order chi connectivity index (χ0) is 22.3. The molecule has 0 aliphatic heterocycles. The standard InChI is InChI=1S/C25H30O5/c1-17(2)5-4-15-25(3,30)16-14-21-23(28)13-11-20(24(21)29)22(27)12-8-18-6-9-19(26)10-7-18/h5-13,26,28-30H,4,14-16H2,1-3H3/b12-8+/t25-/m1/s1. The molecule has 0 aliphatic carbocycles. The van der Waals surface area contributed by atoms with Gasteiger partial charge in [-0.25, -0.2) is 0 Å². The maximum absolute atomic E-state index is 12.5. The molecule has 0 bridgehead atoms. The molecule has 2 aromatic carbocycles. The van der Waals surface area contributed by atoms with E-state index in [-0.39, 0.29) is 34.8 Å². The van der Waals surface area contributed by atoms with Crippen molar-refractivity contribution in [2.45, 2.75) is 52.1 Å². The summed E-state index contributed by atoms with van der Waals surface area (Å²) in [5.74, 6) is -0.643.